The molecule has 0 saturated carbocycles. The number of pyridine rings is 1. The molecule has 4 aromatic rings. The molecule has 4 heterocycles. The van der Waals surface area contributed by atoms with Gasteiger partial charge < -0.3 is 24.7 Å². The van der Waals surface area contributed by atoms with Crippen molar-refractivity contribution in [3.05, 3.63) is 54.3 Å². The van der Waals surface area contributed by atoms with Gasteiger partial charge in [-0.1, -0.05) is 0 Å². The Hall–Kier alpha value is -4.41. The summed E-state index contributed by atoms with van der Waals surface area (Å²) in [7, 11) is 1.86. The molecule has 1 aliphatic heterocycles. The predicted octanol–water partition coefficient (Wildman–Crippen LogP) is 4.68. The molecule has 39 heavy (non-hydrogen) atoms. The summed E-state index contributed by atoms with van der Waals surface area (Å²) in [5.74, 6) is -0.0186. The lowest BCUT2D eigenvalue weighted by molar-refractivity contribution is 0.0497. The lowest BCUT2D eigenvalue weighted by atomic mass is 10.0. The minimum Gasteiger partial charge on any atom is -0.444 e. The van der Waals surface area contributed by atoms with Crippen molar-refractivity contribution in [2.45, 2.75) is 52.2 Å². The van der Waals surface area contributed by atoms with Gasteiger partial charge in [-0.15, -0.1) is 0 Å². The van der Waals surface area contributed by atoms with E-state index in [0.29, 0.717) is 24.7 Å². The Balaban J connectivity index is 1.33. The summed E-state index contributed by atoms with van der Waals surface area (Å²) in [6.45, 7) is 8.80. The lowest BCUT2D eigenvalue weighted by Crippen LogP contribution is -2.46. The Morgan fingerprint density at radius 1 is 1.15 bits per heavy atom. The first-order valence-corrected chi connectivity index (χ1v) is 13.0. The van der Waals surface area contributed by atoms with Crippen molar-refractivity contribution in [1.29, 1.82) is 0 Å². The zero-order valence-electron chi connectivity index (χ0n) is 22.8. The standard InChI is InChI=1S/C28H33N7O4/c1-17-12-18(6-9-29-17)26-32-23(16-38-26)25(36)31-22-13-19-15-34(5)33-21(19)14-24(22)35-10-7-20(8-11-35)30-27(37)39-28(2,3)4/h6,9,12-16,20H,7-8,10-11H2,1-5H3,(H,30,37)(H,31,36). The number of hydrogen-bond acceptors (Lipinski definition) is 8. The van der Waals surface area contributed by atoms with E-state index in [2.05, 4.69) is 30.6 Å². The van der Waals surface area contributed by atoms with Crippen LogP contribution in [0.1, 0.15) is 49.8 Å². The van der Waals surface area contributed by atoms with E-state index < -0.39 is 11.7 Å². The second kappa shape index (κ2) is 10.4. The van der Waals surface area contributed by atoms with E-state index in [9.17, 15) is 9.59 Å². The highest BCUT2D eigenvalue weighted by Crippen LogP contribution is 2.33. The van der Waals surface area contributed by atoms with Gasteiger partial charge in [0, 0.05) is 55.2 Å². The number of rotatable bonds is 5. The molecule has 1 aliphatic rings. The van der Waals surface area contributed by atoms with E-state index in [-0.39, 0.29) is 17.6 Å². The number of nitrogens with one attached hydrogen (secondary N) is 2. The second-order valence-electron chi connectivity index (χ2n) is 10.8. The summed E-state index contributed by atoms with van der Waals surface area (Å²) in [6.07, 6.45) is 6.02. The van der Waals surface area contributed by atoms with E-state index in [1.807, 2.05) is 59.1 Å². The minimum absolute atomic E-state index is 0.0121. The average molecular weight is 532 g/mol. The number of fused-ring (bicyclic) bond motifs is 1. The van der Waals surface area contributed by atoms with Crippen LogP contribution < -0.4 is 15.5 Å². The summed E-state index contributed by atoms with van der Waals surface area (Å²) < 4.78 is 12.7. The molecule has 0 aliphatic carbocycles. The molecule has 2 amide bonds. The summed E-state index contributed by atoms with van der Waals surface area (Å²) in [4.78, 5) is 36.3. The Kier molecular flexibility index (Phi) is 6.98. The summed E-state index contributed by atoms with van der Waals surface area (Å²) >= 11 is 0. The van der Waals surface area contributed by atoms with Gasteiger partial charge in [0.1, 0.15) is 11.9 Å². The molecule has 0 bridgehead atoms. The van der Waals surface area contributed by atoms with E-state index in [4.69, 9.17) is 9.15 Å². The van der Waals surface area contributed by atoms with Crippen molar-refractivity contribution in [2.75, 3.05) is 23.3 Å². The van der Waals surface area contributed by atoms with Gasteiger partial charge in [-0.2, -0.15) is 5.10 Å². The SMILES string of the molecule is Cc1cc(-c2nc(C(=O)Nc3cc4cn(C)nc4cc3N3CCC(NC(=O)OC(C)(C)C)CC3)co2)ccn1. The van der Waals surface area contributed by atoms with Crippen LogP contribution in [0.25, 0.3) is 22.4 Å². The Morgan fingerprint density at radius 3 is 2.64 bits per heavy atom. The zero-order chi connectivity index (χ0) is 27.7. The third-order valence-electron chi connectivity index (χ3n) is 6.42. The number of hydrogen-bond donors (Lipinski definition) is 2. The molecule has 1 aromatic carbocycles. The molecule has 0 atom stereocenters. The van der Waals surface area contributed by atoms with Crippen molar-refractivity contribution in [3.63, 3.8) is 0 Å². The molecule has 204 valence electrons. The maximum absolute atomic E-state index is 13.2. The van der Waals surface area contributed by atoms with Gasteiger partial charge >= 0.3 is 6.09 Å². The number of carbonyl (C=O) groups is 2. The highest BCUT2D eigenvalue weighted by molar-refractivity contribution is 6.06. The van der Waals surface area contributed by atoms with Gasteiger partial charge in [-0.25, -0.2) is 9.78 Å². The van der Waals surface area contributed by atoms with Gasteiger partial charge in [0.05, 0.1) is 16.9 Å². The molecular weight excluding hydrogens is 498 g/mol. The summed E-state index contributed by atoms with van der Waals surface area (Å²) in [6, 6.07) is 7.56. The van der Waals surface area contributed by atoms with Crippen LogP contribution >= 0.6 is 0 Å². The number of piperidine rings is 1. The molecule has 3 aromatic heterocycles. The van der Waals surface area contributed by atoms with E-state index in [1.165, 1.54) is 6.26 Å². The van der Waals surface area contributed by atoms with Crippen LogP contribution in [0.3, 0.4) is 0 Å². The van der Waals surface area contributed by atoms with Gasteiger partial charge in [0.15, 0.2) is 5.69 Å². The molecule has 2 N–H and O–H groups in total. The number of ether oxygens (including phenoxy) is 1. The van der Waals surface area contributed by atoms with Crippen LogP contribution in [0.5, 0.6) is 0 Å². The van der Waals surface area contributed by atoms with Crippen LogP contribution in [0.2, 0.25) is 0 Å². The third-order valence-corrected chi connectivity index (χ3v) is 6.42. The van der Waals surface area contributed by atoms with Crippen LogP contribution in [-0.4, -0.2) is 56.5 Å². The topological polar surface area (TPSA) is 127 Å². The molecule has 1 saturated heterocycles. The molecular formula is C28H33N7O4. The highest BCUT2D eigenvalue weighted by atomic mass is 16.6. The Labute approximate surface area is 226 Å². The van der Waals surface area contributed by atoms with Gasteiger partial charge in [0.25, 0.3) is 5.91 Å². The molecule has 11 heteroatoms. The normalized spacial score (nSPS) is 14.4. The van der Waals surface area contributed by atoms with Crippen LogP contribution in [0.4, 0.5) is 16.2 Å². The summed E-state index contributed by atoms with van der Waals surface area (Å²) in [5, 5.41) is 11.5. The fourth-order valence-electron chi connectivity index (χ4n) is 4.66. The first-order chi connectivity index (χ1) is 18.5. The average Bonchev–Trinajstić information content (AvgIpc) is 3.49. The molecule has 1 fully saturated rings. The van der Waals surface area contributed by atoms with Crippen molar-refractivity contribution in [3.8, 4) is 11.5 Å². The van der Waals surface area contributed by atoms with Crippen LogP contribution in [-0.2, 0) is 11.8 Å². The first kappa shape index (κ1) is 26.2. The Morgan fingerprint density at radius 2 is 1.92 bits per heavy atom. The lowest BCUT2D eigenvalue weighted by Gasteiger charge is -2.35. The maximum atomic E-state index is 13.2. The van der Waals surface area contributed by atoms with Gasteiger partial charge in [0.2, 0.25) is 5.89 Å². The van der Waals surface area contributed by atoms with Crippen molar-refractivity contribution in [1.82, 2.24) is 25.1 Å². The minimum atomic E-state index is -0.544. The largest absolute Gasteiger partial charge is 0.444 e. The number of aryl methyl sites for hydroxylation is 2. The number of benzene rings is 1. The van der Waals surface area contributed by atoms with Crippen LogP contribution in [0, 0.1) is 6.92 Å². The zero-order valence-corrected chi connectivity index (χ0v) is 22.8. The third kappa shape index (κ3) is 6.19. The van der Waals surface area contributed by atoms with Gasteiger partial charge in [-0.05, 0) is 64.8 Å². The fraction of sp³-hybridized carbons (Fsp3) is 0.393. The summed E-state index contributed by atoms with van der Waals surface area (Å²) in [5.41, 5.74) is 3.56. The predicted molar refractivity (Wildman–Crippen MR) is 148 cm³/mol. The van der Waals surface area contributed by atoms with E-state index in [1.54, 1.807) is 16.9 Å². The molecule has 0 unspecified atom stereocenters. The molecule has 11 nitrogen and oxygen atoms in total. The van der Waals surface area contributed by atoms with Crippen LogP contribution in [0.15, 0.2) is 47.3 Å². The monoisotopic (exact) mass is 531 g/mol. The fourth-order valence-corrected chi connectivity index (χ4v) is 4.66. The number of nitrogens with zero attached hydrogens (tertiary/aromatic N) is 5. The molecule has 0 radical (unpaired) electrons. The maximum Gasteiger partial charge on any atom is 0.407 e. The first-order valence-electron chi connectivity index (χ1n) is 13.0. The van der Waals surface area contributed by atoms with Crippen molar-refractivity contribution in [2.24, 2.45) is 7.05 Å². The smallest absolute Gasteiger partial charge is 0.407 e. The number of carbonyl (C=O) groups excluding carboxylic acids is 2. The number of anilines is 2. The highest BCUT2D eigenvalue weighted by Gasteiger charge is 2.26. The van der Waals surface area contributed by atoms with Gasteiger partial charge in [-0.3, -0.25) is 14.5 Å². The number of alkyl carbamates (subject to hydrolysis) is 1. The Bertz CT molecular complexity index is 1510. The number of aromatic nitrogens is 4. The van der Waals surface area contributed by atoms with Crippen molar-refractivity contribution >= 4 is 34.3 Å². The molecule has 0 spiro atoms. The van der Waals surface area contributed by atoms with Crippen molar-refractivity contribution < 1.29 is 18.7 Å². The van der Waals surface area contributed by atoms with E-state index >= 15 is 0 Å². The quantitative estimate of drug-likeness (QED) is 0.380. The molecule has 5 rings (SSSR count). The second-order valence-corrected chi connectivity index (χ2v) is 10.8. The van der Waals surface area contributed by atoms with E-state index in [0.717, 1.165) is 40.7 Å². The number of oxazole rings is 1. The number of amides is 2.